The summed E-state index contributed by atoms with van der Waals surface area (Å²) in [5.74, 6) is 0.803. The van der Waals surface area contributed by atoms with Crippen LogP contribution in [0.25, 0.3) is 0 Å². The van der Waals surface area contributed by atoms with Gasteiger partial charge in [-0.25, -0.2) is 9.98 Å². The van der Waals surface area contributed by atoms with Crippen LogP contribution in [-0.2, 0) is 0 Å². The molecular formula is C12H17N3S. The van der Waals surface area contributed by atoms with Crippen molar-refractivity contribution < 1.29 is 0 Å². The first kappa shape index (κ1) is 11.5. The molecule has 0 atom stereocenters. The third-order valence-corrected chi connectivity index (χ3v) is 3.38. The maximum Gasteiger partial charge on any atom is 0.165 e. The summed E-state index contributed by atoms with van der Waals surface area (Å²) in [4.78, 5) is 11.2. The van der Waals surface area contributed by atoms with E-state index in [0.29, 0.717) is 0 Å². The molecule has 2 heterocycles. The van der Waals surface area contributed by atoms with E-state index in [4.69, 9.17) is 0 Å². The Kier molecular flexibility index (Phi) is 4.22. The van der Waals surface area contributed by atoms with Crippen molar-refractivity contribution in [1.29, 1.82) is 0 Å². The molecule has 1 aromatic heterocycles. The molecule has 4 heteroatoms. The fourth-order valence-corrected chi connectivity index (χ4v) is 2.47. The Bertz CT molecular complexity index is 345. The topological polar surface area (TPSA) is 28.5 Å². The minimum absolute atomic E-state index is 0.803. The van der Waals surface area contributed by atoms with E-state index in [0.717, 1.165) is 24.1 Å². The second kappa shape index (κ2) is 5.89. The van der Waals surface area contributed by atoms with E-state index in [2.05, 4.69) is 21.1 Å². The molecule has 3 nitrogen and oxygen atoms in total. The highest BCUT2D eigenvalue weighted by Gasteiger charge is 2.13. The number of nitrogens with zero attached hydrogens (tertiary/aromatic N) is 3. The van der Waals surface area contributed by atoms with Gasteiger partial charge in [-0.05, 0) is 37.7 Å². The number of hydrogen-bond donors (Lipinski definition) is 0. The first-order chi connectivity index (χ1) is 7.90. The zero-order valence-corrected chi connectivity index (χ0v) is 10.4. The molecule has 0 N–H and O–H groups in total. The van der Waals surface area contributed by atoms with E-state index in [1.54, 1.807) is 18.0 Å². The van der Waals surface area contributed by atoms with Gasteiger partial charge in [-0.3, -0.25) is 0 Å². The molecule has 1 aliphatic heterocycles. The van der Waals surface area contributed by atoms with Gasteiger partial charge in [0.05, 0.1) is 0 Å². The molecule has 0 aromatic carbocycles. The van der Waals surface area contributed by atoms with E-state index in [-0.39, 0.29) is 0 Å². The number of thioether (sulfide) groups is 1. The SMILES string of the molecule is CS/C(=N/c1ccccn1)N1CCCCC1. The first-order valence-corrected chi connectivity index (χ1v) is 6.91. The quantitative estimate of drug-likeness (QED) is 0.553. The largest absolute Gasteiger partial charge is 0.351 e. The molecule has 0 spiro atoms. The van der Waals surface area contributed by atoms with Gasteiger partial charge in [-0.2, -0.15) is 0 Å². The molecule has 86 valence electrons. The first-order valence-electron chi connectivity index (χ1n) is 5.69. The smallest absolute Gasteiger partial charge is 0.165 e. The molecule has 0 unspecified atom stereocenters. The van der Waals surface area contributed by atoms with E-state index in [1.807, 2.05) is 18.2 Å². The van der Waals surface area contributed by atoms with Crippen LogP contribution in [0.1, 0.15) is 19.3 Å². The zero-order valence-electron chi connectivity index (χ0n) is 9.59. The van der Waals surface area contributed by atoms with Crippen LogP contribution in [0, 0.1) is 0 Å². The van der Waals surface area contributed by atoms with Gasteiger partial charge in [0.15, 0.2) is 11.0 Å². The average Bonchev–Trinajstić information content (AvgIpc) is 2.38. The van der Waals surface area contributed by atoms with Crippen LogP contribution in [0.2, 0.25) is 0 Å². The Hall–Kier alpha value is -1.03. The van der Waals surface area contributed by atoms with E-state index < -0.39 is 0 Å². The Labute approximate surface area is 101 Å². The van der Waals surface area contributed by atoms with E-state index in [9.17, 15) is 0 Å². The Morgan fingerprint density at radius 2 is 2.12 bits per heavy atom. The summed E-state index contributed by atoms with van der Waals surface area (Å²) in [6.07, 6.45) is 7.77. The number of aromatic nitrogens is 1. The molecule has 2 rings (SSSR count). The number of hydrogen-bond acceptors (Lipinski definition) is 3. The van der Waals surface area contributed by atoms with Crippen molar-refractivity contribution in [3.63, 3.8) is 0 Å². The molecular weight excluding hydrogens is 218 g/mol. The van der Waals surface area contributed by atoms with Crippen molar-refractivity contribution in [1.82, 2.24) is 9.88 Å². The fourth-order valence-electron chi connectivity index (χ4n) is 1.85. The van der Waals surface area contributed by atoms with Gasteiger partial charge in [-0.1, -0.05) is 17.8 Å². The highest BCUT2D eigenvalue weighted by Crippen LogP contribution is 2.17. The second-order valence-electron chi connectivity index (χ2n) is 3.83. The summed E-state index contributed by atoms with van der Waals surface area (Å²) in [5, 5.41) is 1.10. The fraction of sp³-hybridized carbons (Fsp3) is 0.500. The molecule has 16 heavy (non-hydrogen) atoms. The number of likely N-dealkylation sites (tertiary alicyclic amines) is 1. The lowest BCUT2D eigenvalue weighted by atomic mass is 10.1. The van der Waals surface area contributed by atoms with Gasteiger partial charge in [0.2, 0.25) is 0 Å². The second-order valence-corrected chi connectivity index (χ2v) is 4.61. The number of piperidine rings is 1. The normalized spacial score (nSPS) is 17.6. The van der Waals surface area contributed by atoms with Crippen LogP contribution in [0.4, 0.5) is 5.82 Å². The van der Waals surface area contributed by atoms with Crippen LogP contribution in [-0.4, -0.2) is 34.4 Å². The van der Waals surface area contributed by atoms with Gasteiger partial charge < -0.3 is 4.90 Å². The van der Waals surface area contributed by atoms with E-state index >= 15 is 0 Å². The predicted molar refractivity (Wildman–Crippen MR) is 70.3 cm³/mol. The van der Waals surface area contributed by atoms with Crippen LogP contribution >= 0.6 is 11.8 Å². The molecule has 1 aromatic rings. The Balaban J connectivity index is 2.12. The van der Waals surface area contributed by atoms with Gasteiger partial charge in [0.1, 0.15) is 0 Å². The number of aliphatic imine (C=N–C) groups is 1. The summed E-state index contributed by atoms with van der Waals surface area (Å²) < 4.78 is 0. The van der Waals surface area contributed by atoms with Crippen LogP contribution < -0.4 is 0 Å². The van der Waals surface area contributed by atoms with Crippen molar-refractivity contribution in [2.45, 2.75) is 19.3 Å². The molecule has 1 saturated heterocycles. The molecule has 0 radical (unpaired) electrons. The standard InChI is InChI=1S/C12H17N3S/c1-16-12(15-9-5-2-6-10-15)14-11-7-3-4-8-13-11/h3-4,7-8H,2,5-6,9-10H2,1H3/b14-12+. The van der Waals surface area contributed by atoms with Gasteiger partial charge in [-0.15, -0.1) is 0 Å². The molecule has 0 amide bonds. The monoisotopic (exact) mass is 235 g/mol. The van der Waals surface area contributed by atoms with E-state index in [1.165, 1.54) is 19.3 Å². The third kappa shape index (κ3) is 2.98. The van der Waals surface area contributed by atoms with Crippen molar-refractivity contribution >= 4 is 22.7 Å². The Morgan fingerprint density at radius 1 is 1.31 bits per heavy atom. The lowest BCUT2D eigenvalue weighted by molar-refractivity contribution is 0.348. The molecule has 0 bridgehead atoms. The summed E-state index contributed by atoms with van der Waals surface area (Å²) >= 11 is 1.71. The number of amidine groups is 1. The maximum atomic E-state index is 4.60. The molecule has 0 saturated carbocycles. The van der Waals surface area contributed by atoms with Crippen molar-refractivity contribution in [2.75, 3.05) is 19.3 Å². The number of pyridine rings is 1. The van der Waals surface area contributed by atoms with Gasteiger partial charge >= 0.3 is 0 Å². The van der Waals surface area contributed by atoms with Crippen molar-refractivity contribution in [3.05, 3.63) is 24.4 Å². The van der Waals surface area contributed by atoms with Gasteiger partial charge in [0, 0.05) is 19.3 Å². The predicted octanol–water partition coefficient (Wildman–Crippen LogP) is 2.92. The van der Waals surface area contributed by atoms with Crippen LogP contribution in [0.5, 0.6) is 0 Å². The average molecular weight is 235 g/mol. The molecule has 1 aliphatic rings. The molecule has 0 aliphatic carbocycles. The summed E-state index contributed by atoms with van der Waals surface area (Å²) in [5.41, 5.74) is 0. The zero-order chi connectivity index (χ0) is 11.2. The minimum atomic E-state index is 0.803. The highest BCUT2D eigenvalue weighted by atomic mass is 32.2. The van der Waals surface area contributed by atoms with Crippen molar-refractivity contribution in [2.24, 2.45) is 4.99 Å². The van der Waals surface area contributed by atoms with Crippen LogP contribution in [0.15, 0.2) is 29.4 Å². The lowest BCUT2D eigenvalue weighted by Crippen LogP contribution is -2.33. The Morgan fingerprint density at radius 3 is 2.75 bits per heavy atom. The number of rotatable bonds is 1. The lowest BCUT2D eigenvalue weighted by Gasteiger charge is -2.28. The summed E-state index contributed by atoms with van der Waals surface area (Å²) in [6.45, 7) is 2.26. The van der Waals surface area contributed by atoms with Crippen molar-refractivity contribution in [3.8, 4) is 0 Å². The maximum absolute atomic E-state index is 4.60. The highest BCUT2D eigenvalue weighted by molar-refractivity contribution is 8.13. The third-order valence-electron chi connectivity index (χ3n) is 2.67. The van der Waals surface area contributed by atoms with Crippen LogP contribution in [0.3, 0.4) is 0 Å². The summed E-state index contributed by atoms with van der Waals surface area (Å²) in [6, 6.07) is 5.83. The molecule has 1 fully saturated rings. The summed E-state index contributed by atoms with van der Waals surface area (Å²) in [7, 11) is 0. The van der Waals surface area contributed by atoms with Gasteiger partial charge in [0.25, 0.3) is 0 Å². The minimum Gasteiger partial charge on any atom is -0.351 e.